The van der Waals surface area contributed by atoms with Crippen molar-refractivity contribution in [2.24, 2.45) is 11.7 Å². The lowest BCUT2D eigenvalue weighted by molar-refractivity contribution is -0.128. The monoisotopic (exact) mass is 303 g/mol. The van der Waals surface area contributed by atoms with Crippen molar-refractivity contribution >= 4 is 23.4 Å². The number of hydrogen-bond acceptors (Lipinski definition) is 3. The van der Waals surface area contributed by atoms with Gasteiger partial charge < -0.3 is 16.0 Å². The highest BCUT2D eigenvalue weighted by molar-refractivity contribution is 6.04. The van der Waals surface area contributed by atoms with E-state index in [1.54, 1.807) is 29.2 Å². The van der Waals surface area contributed by atoms with Crippen molar-refractivity contribution in [2.75, 3.05) is 18.4 Å². The highest BCUT2D eigenvalue weighted by Gasteiger charge is 2.34. The van der Waals surface area contributed by atoms with Crippen molar-refractivity contribution in [3.63, 3.8) is 0 Å². The molecule has 0 saturated carbocycles. The smallest absolute Gasteiger partial charge is 0.250 e. The number of unbranched alkanes of at least 4 members (excludes halogenated alkanes) is 1. The summed E-state index contributed by atoms with van der Waals surface area (Å²) in [6.07, 6.45) is 2.16. The van der Waals surface area contributed by atoms with Gasteiger partial charge in [-0.15, -0.1) is 0 Å². The van der Waals surface area contributed by atoms with Gasteiger partial charge in [0.25, 0.3) is 5.91 Å². The zero-order valence-corrected chi connectivity index (χ0v) is 12.7. The third-order valence-corrected chi connectivity index (χ3v) is 3.82. The molecule has 2 rings (SSSR count). The molecule has 1 aromatic carbocycles. The maximum atomic E-state index is 12.3. The summed E-state index contributed by atoms with van der Waals surface area (Å²) in [5, 5.41) is 2.71. The van der Waals surface area contributed by atoms with E-state index in [0.29, 0.717) is 18.8 Å². The normalized spacial score (nSPS) is 17.6. The summed E-state index contributed by atoms with van der Waals surface area (Å²) in [5.74, 6) is -1.22. The Hall–Kier alpha value is -2.37. The highest BCUT2D eigenvalue weighted by atomic mass is 16.2. The van der Waals surface area contributed by atoms with E-state index in [0.717, 1.165) is 12.8 Å². The Bertz CT molecular complexity index is 586. The second-order valence-electron chi connectivity index (χ2n) is 5.49. The quantitative estimate of drug-likeness (QED) is 0.831. The predicted octanol–water partition coefficient (Wildman–Crippen LogP) is 1.37. The minimum absolute atomic E-state index is 0.0109. The standard InChI is InChI=1S/C16H21N3O3/c1-2-3-8-19-10-11(9-14(19)20)16(22)18-13-7-5-4-6-12(13)15(17)21/h4-7,11H,2-3,8-10H2,1H3,(H2,17,21)(H,18,22)/t11-/m0/s1. The van der Waals surface area contributed by atoms with E-state index in [9.17, 15) is 14.4 Å². The lowest BCUT2D eigenvalue weighted by atomic mass is 10.1. The summed E-state index contributed by atoms with van der Waals surface area (Å²) < 4.78 is 0. The summed E-state index contributed by atoms with van der Waals surface area (Å²) in [5.41, 5.74) is 5.95. The fourth-order valence-corrected chi connectivity index (χ4v) is 2.55. The van der Waals surface area contributed by atoms with Crippen LogP contribution in [0.4, 0.5) is 5.69 Å². The average Bonchev–Trinajstić information content (AvgIpc) is 2.86. The number of nitrogens with one attached hydrogen (secondary N) is 1. The molecule has 1 saturated heterocycles. The van der Waals surface area contributed by atoms with E-state index in [4.69, 9.17) is 5.73 Å². The fourth-order valence-electron chi connectivity index (χ4n) is 2.55. The number of benzene rings is 1. The van der Waals surface area contributed by atoms with E-state index in [1.807, 2.05) is 0 Å². The number of amides is 3. The fraction of sp³-hybridized carbons (Fsp3) is 0.438. The molecule has 3 amide bonds. The van der Waals surface area contributed by atoms with E-state index in [1.165, 1.54) is 0 Å². The lowest BCUT2D eigenvalue weighted by Gasteiger charge is -2.16. The van der Waals surface area contributed by atoms with E-state index < -0.39 is 5.91 Å². The third kappa shape index (κ3) is 3.63. The van der Waals surface area contributed by atoms with Crippen LogP contribution in [0.15, 0.2) is 24.3 Å². The van der Waals surface area contributed by atoms with Crippen LogP contribution in [-0.2, 0) is 9.59 Å². The van der Waals surface area contributed by atoms with Crippen LogP contribution in [0.25, 0.3) is 0 Å². The van der Waals surface area contributed by atoms with Crippen molar-refractivity contribution in [3.8, 4) is 0 Å². The Balaban J connectivity index is 2.02. The van der Waals surface area contributed by atoms with Gasteiger partial charge >= 0.3 is 0 Å². The number of primary amides is 1. The maximum Gasteiger partial charge on any atom is 0.250 e. The first kappa shape index (κ1) is 16.0. The Morgan fingerprint density at radius 3 is 2.77 bits per heavy atom. The van der Waals surface area contributed by atoms with E-state index in [2.05, 4.69) is 12.2 Å². The average molecular weight is 303 g/mol. The number of hydrogen-bond donors (Lipinski definition) is 2. The van der Waals surface area contributed by atoms with Crippen LogP contribution in [0.1, 0.15) is 36.5 Å². The molecule has 1 fully saturated rings. The first-order chi connectivity index (χ1) is 10.5. The molecule has 1 aromatic rings. The number of carbonyl (C=O) groups is 3. The molecule has 118 valence electrons. The molecule has 22 heavy (non-hydrogen) atoms. The molecule has 0 aliphatic carbocycles. The van der Waals surface area contributed by atoms with Crippen LogP contribution in [-0.4, -0.2) is 35.7 Å². The molecule has 0 unspecified atom stereocenters. The lowest BCUT2D eigenvalue weighted by Crippen LogP contribution is -2.29. The summed E-state index contributed by atoms with van der Waals surface area (Å²) in [6.45, 7) is 3.19. The maximum absolute atomic E-state index is 12.3. The van der Waals surface area contributed by atoms with Gasteiger partial charge in [0.1, 0.15) is 0 Å². The molecule has 0 bridgehead atoms. The van der Waals surface area contributed by atoms with Gasteiger partial charge in [-0.2, -0.15) is 0 Å². The molecule has 0 aromatic heterocycles. The van der Waals surface area contributed by atoms with E-state index in [-0.39, 0.29) is 29.7 Å². The van der Waals surface area contributed by atoms with Gasteiger partial charge in [0.05, 0.1) is 17.2 Å². The molecular formula is C16H21N3O3. The first-order valence-electron chi connectivity index (χ1n) is 7.50. The van der Waals surface area contributed by atoms with Crippen molar-refractivity contribution in [1.82, 2.24) is 4.90 Å². The molecule has 0 spiro atoms. The van der Waals surface area contributed by atoms with Gasteiger partial charge in [-0.25, -0.2) is 0 Å². The van der Waals surface area contributed by atoms with Crippen molar-refractivity contribution in [3.05, 3.63) is 29.8 Å². The second kappa shape index (κ2) is 7.06. The largest absolute Gasteiger partial charge is 0.366 e. The Morgan fingerprint density at radius 1 is 1.36 bits per heavy atom. The number of likely N-dealkylation sites (tertiary alicyclic amines) is 1. The van der Waals surface area contributed by atoms with Crippen LogP contribution < -0.4 is 11.1 Å². The van der Waals surface area contributed by atoms with Gasteiger partial charge in [-0.05, 0) is 18.6 Å². The van der Waals surface area contributed by atoms with Crippen LogP contribution in [0, 0.1) is 5.92 Å². The SMILES string of the molecule is CCCCN1C[C@@H](C(=O)Nc2ccccc2C(N)=O)CC1=O. The first-order valence-corrected chi connectivity index (χ1v) is 7.50. The number of anilines is 1. The number of para-hydroxylation sites is 1. The van der Waals surface area contributed by atoms with Crippen LogP contribution in [0.5, 0.6) is 0 Å². The van der Waals surface area contributed by atoms with Crippen molar-refractivity contribution < 1.29 is 14.4 Å². The third-order valence-electron chi connectivity index (χ3n) is 3.82. The zero-order chi connectivity index (χ0) is 16.1. The van der Waals surface area contributed by atoms with E-state index >= 15 is 0 Å². The molecule has 6 heteroatoms. The molecule has 1 aliphatic heterocycles. The predicted molar refractivity (Wildman–Crippen MR) is 83.2 cm³/mol. The molecule has 1 aliphatic rings. The summed E-state index contributed by atoms with van der Waals surface area (Å²) in [7, 11) is 0. The minimum Gasteiger partial charge on any atom is -0.366 e. The summed E-state index contributed by atoms with van der Waals surface area (Å²) >= 11 is 0. The van der Waals surface area contributed by atoms with Crippen molar-refractivity contribution in [1.29, 1.82) is 0 Å². The Labute approximate surface area is 129 Å². The molecule has 1 atom stereocenters. The zero-order valence-electron chi connectivity index (χ0n) is 12.7. The van der Waals surface area contributed by atoms with Crippen LogP contribution >= 0.6 is 0 Å². The molecular weight excluding hydrogens is 282 g/mol. The number of nitrogens with two attached hydrogens (primary N) is 1. The Kier molecular flexibility index (Phi) is 5.14. The number of nitrogens with zero attached hydrogens (tertiary/aromatic N) is 1. The van der Waals surface area contributed by atoms with Gasteiger partial charge in [0.15, 0.2) is 0 Å². The molecule has 6 nitrogen and oxygen atoms in total. The van der Waals surface area contributed by atoms with Crippen molar-refractivity contribution in [2.45, 2.75) is 26.2 Å². The van der Waals surface area contributed by atoms with Gasteiger partial charge in [0.2, 0.25) is 11.8 Å². The number of rotatable bonds is 6. The molecule has 1 heterocycles. The topological polar surface area (TPSA) is 92.5 Å². The van der Waals surface area contributed by atoms with Crippen LogP contribution in [0.3, 0.4) is 0 Å². The number of carbonyl (C=O) groups excluding carboxylic acids is 3. The molecule has 3 N–H and O–H groups in total. The van der Waals surface area contributed by atoms with Gasteiger partial charge in [-0.3, -0.25) is 14.4 Å². The summed E-state index contributed by atoms with van der Waals surface area (Å²) in [4.78, 5) is 37.3. The van der Waals surface area contributed by atoms with Crippen LogP contribution in [0.2, 0.25) is 0 Å². The van der Waals surface area contributed by atoms with Gasteiger partial charge in [0, 0.05) is 19.5 Å². The second-order valence-corrected chi connectivity index (χ2v) is 5.49. The molecule has 0 radical (unpaired) electrons. The summed E-state index contributed by atoms with van der Waals surface area (Å²) in [6, 6.07) is 6.59. The van der Waals surface area contributed by atoms with Gasteiger partial charge in [-0.1, -0.05) is 25.5 Å². The highest BCUT2D eigenvalue weighted by Crippen LogP contribution is 2.21. The Morgan fingerprint density at radius 2 is 2.09 bits per heavy atom. The minimum atomic E-state index is -0.594.